The normalized spacial score (nSPS) is 18.9. The molecule has 2 N–H and O–H groups in total. The van der Waals surface area contributed by atoms with E-state index in [9.17, 15) is 8.42 Å². The molecule has 5 rings (SSSR count). The first kappa shape index (κ1) is 19.4. The van der Waals surface area contributed by atoms with Gasteiger partial charge in [-0.05, 0) is 24.5 Å². The second-order valence-corrected chi connectivity index (χ2v) is 9.46. The van der Waals surface area contributed by atoms with Crippen molar-refractivity contribution in [1.82, 2.24) is 24.0 Å². The summed E-state index contributed by atoms with van der Waals surface area (Å²) in [6.07, 6.45) is 5.07. The molecule has 3 heterocycles. The maximum Gasteiger partial charge on any atom is 0.282 e. The monoisotopic (exact) mass is 428 g/mol. The lowest BCUT2D eigenvalue weighted by atomic mass is 10.2. The van der Waals surface area contributed by atoms with Crippen LogP contribution >= 0.6 is 0 Å². The molecular formula is C20H24N6O3S. The first-order valence-electron chi connectivity index (χ1n) is 10.00. The van der Waals surface area contributed by atoms with Gasteiger partial charge in [-0.15, -0.1) is 0 Å². The quantitative estimate of drug-likeness (QED) is 0.438. The van der Waals surface area contributed by atoms with Gasteiger partial charge in [0.05, 0.1) is 17.5 Å². The molecule has 1 saturated heterocycles. The molecule has 1 aliphatic heterocycles. The Balaban J connectivity index is 1.24. The van der Waals surface area contributed by atoms with E-state index in [0.29, 0.717) is 26.2 Å². The smallest absolute Gasteiger partial charge is 0.282 e. The Labute approximate surface area is 175 Å². The molecule has 158 valence electrons. The molecule has 30 heavy (non-hydrogen) atoms. The van der Waals surface area contributed by atoms with E-state index in [2.05, 4.69) is 24.6 Å². The molecule has 1 saturated carbocycles. The van der Waals surface area contributed by atoms with Crippen molar-refractivity contribution in [2.45, 2.75) is 25.0 Å². The number of aromatic amines is 1. The maximum absolute atomic E-state index is 13.0. The van der Waals surface area contributed by atoms with Gasteiger partial charge in [-0.1, -0.05) is 30.3 Å². The zero-order valence-electron chi connectivity index (χ0n) is 16.5. The van der Waals surface area contributed by atoms with Crippen molar-refractivity contribution in [2.24, 2.45) is 0 Å². The summed E-state index contributed by atoms with van der Waals surface area (Å²) in [5, 5.41) is 0.956. The second-order valence-electron chi connectivity index (χ2n) is 7.78. The molecule has 0 bridgehead atoms. The van der Waals surface area contributed by atoms with Gasteiger partial charge in [0.1, 0.15) is 24.5 Å². The number of rotatable bonds is 7. The number of nitrogens with zero attached hydrogens (tertiary/aromatic N) is 4. The number of fused-ring (bicyclic) bond motifs is 1. The lowest BCUT2D eigenvalue weighted by Crippen LogP contribution is -2.59. The number of hydrogen-bond donors (Lipinski definition) is 2. The van der Waals surface area contributed by atoms with E-state index in [1.54, 1.807) is 10.6 Å². The second kappa shape index (κ2) is 7.62. The van der Waals surface area contributed by atoms with Gasteiger partial charge in [-0.2, -0.15) is 17.4 Å². The largest absolute Gasteiger partial charge is 0.361 e. The minimum Gasteiger partial charge on any atom is -0.361 e. The number of aromatic nitrogens is 3. The molecule has 0 unspecified atom stereocenters. The van der Waals surface area contributed by atoms with Crippen LogP contribution in [0.3, 0.4) is 0 Å². The van der Waals surface area contributed by atoms with Crippen molar-refractivity contribution in [2.75, 3.05) is 31.3 Å². The summed E-state index contributed by atoms with van der Waals surface area (Å²) in [5.41, 5.74) is 1.42. The summed E-state index contributed by atoms with van der Waals surface area (Å²) in [6.45, 7) is 1.91. The summed E-state index contributed by atoms with van der Waals surface area (Å²) in [6, 6.07) is 11.6. The topological polar surface area (TPSA) is 103 Å². The molecule has 1 aliphatic carbocycles. The van der Waals surface area contributed by atoms with E-state index in [4.69, 9.17) is 4.74 Å². The van der Waals surface area contributed by atoms with Crippen LogP contribution in [0, 0.1) is 0 Å². The number of benzene rings is 1. The Bertz CT molecular complexity index is 1130. The van der Waals surface area contributed by atoms with Gasteiger partial charge in [0, 0.05) is 25.8 Å². The first-order valence-corrected chi connectivity index (χ1v) is 11.4. The Morgan fingerprint density at radius 1 is 1.13 bits per heavy atom. The van der Waals surface area contributed by atoms with Crippen LogP contribution in [0.2, 0.25) is 0 Å². The van der Waals surface area contributed by atoms with Crippen LogP contribution in [-0.4, -0.2) is 59.6 Å². The zero-order chi connectivity index (χ0) is 20.6. The van der Waals surface area contributed by atoms with E-state index >= 15 is 0 Å². The molecule has 0 amide bonds. The Kier molecular flexibility index (Phi) is 4.94. The van der Waals surface area contributed by atoms with Crippen molar-refractivity contribution in [3.8, 4) is 0 Å². The molecule has 1 spiro atoms. The maximum atomic E-state index is 13.0. The van der Waals surface area contributed by atoms with Gasteiger partial charge in [-0.25, -0.2) is 9.97 Å². The molecule has 2 fully saturated rings. The van der Waals surface area contributed by atoms with Gasteiger partial charge >= 0.3 is 0 Å². The van der Waals surface area contributed by atoms with Crippen molar-refractivity contribution in [1.29, 1.82) is 0 Å². The van der Waals surface area contributed by atoms with Crippen molar-refractivity contribution in [3.63, 3.8) is 0 Å². The third kappa shape index (κ3) is 3.67. The number of piperazine rings is 1. The van der Waals surface area contributed by atoms with Gasteiger partial charge in [0.15, 0.2) is 0 Å². The van der Waals surface area contributed by atoms with E-state index in [0.717, 1.165) is 35.3 Å². The summed E-state index contributed by atoms with van der Waals surface area (Å²) in [7, 11) is -3.63. The lowest BCUT2D eigenvalue weighted by molar-refractivity contribution is 0.115. The third-order valence-corrected chi connectivity index (χ3v) is 7.42. The SMILES string of the molecule is O=S(=O)(NCOCc1ccccc1)N1CCN(c2ncnc3[nH]ccc23)CC12CC2. The van der Waals surface area contributed by atoms with Crippen LogP contribution in [-0.2, 0) is 21.6 Å². The van der Waals surface area contributed by atoms with Crippen molar-refractivity contribution < 1.29 is 13.2 Å². The highest BCUT2D eigenvalue weighted by atomic mass is 32.2. The van der Waals surface area contributed by atoms with E-state index < -0.39 is 10.2 Å². The van der Waals surface area contributed by atoms with Crippen LogP contribution in [0.15, 0.2) is 48.9 Å². The number of H-pyrrole nitrogens is 1. The average Bonchev–Trinajstić information content (AvgIpc) is 3.33. The van der Waals surface area contributed by atoms with Crippen molar-refractivity contribution >= 4 is 27.1 Å². The summed E-state index contributed by atoms with van der Waals surface area (Å²) in [4.78, 5) is 14.0. The van der Waals surface area contributed by atoms with Gasteiger partial charge < -0.3 is 14.6 Å². The highest BCUT2D eigenvalue weighted by molar-refractivity contribution is 7.87. The minimum atomic E-state index is -3.63. The number of ether oxygens (including phenoxy) is 1. The Morgan fingerprint density at radius 2 is 1.97 bits per heavy atom. The van der Waals surface area contributed by atoms with Crippen molar-refractivity contribution in [3.05, 3.63) is 54.5 Å². The molecule has 9 nitrogen and oxygen atoms in total. The summed E-state index contributed by atoms with van der Waals surface area (Å²) < 4.78 is 35.6. The standard InChI is InChI=1S/C20H24N6O3S/c27-30(28,24-15-29-12-16-4-2-1-3-5-16)26-11-10-25(13-20(26)7-8-20)19-17-6-9-21-18(17)22-14-23-19/h1-6,9,14,24H,7-8,10-13,15H2,(H,21,22,23). The fourth-order valence-corrected chi connectivity index (χ4v) is 5.58. The van der Waals surface area contributed by atoms with Crippen LogP contribution in [0.4, 0.5) is 5.82 Å². The molecule has 1 aromatic carbocycles. The predicted octanol–water partition coefficient (Wildman–Crippen LogP) is 1.62. The third-order valence-electron chi connectivity index (χ3n) is 5.79. The van der Waals surface area contributed by atoms with Crippen LogP contribution in [0.5, 0.6) is 0 Å². The van der Waals surface area contributed by atoms with Crippen LogP contribution in [0.1, 0.15) is 18.4 Å². The minimum absolute atomic E-state index is 0.0522. The molecule has 2 aliphatic rings. The fourth-order valence-electron chi connectivity index (χ4n) is 4.12. The van der Waals surface area contributed by atoms with Gasteiger partial charge in [0.25, 0.3) is 10.2 Å². The van der Waals surface area contributed by atoms with Gasteiger partial charge in [-0.3, -0.25) is 0 Å². The summed E-state index contributed by atoms with van der Waals surface area (Å²) in [5.74, 6) is 0.851. The van der Waals surface area contributed by atoms with E-state index in [1.165, 1.54) is 0 Å². The molecule has 3 aromatic rings. The average molecular weight is 429 g/mol. The molecular weight excluding hydrogens is 404 g/mol. The lowest BCUT2D eigenvalue weighted by Gasteiger charge is -2.41. The van der Waals surface area contributed by atoms with E-state index in [-0.39, 0.29) is 12.3 Å². The molecule has 0 radical (unpaired) electrons. The number of hydrogen-bond acceptors (Lipinski definition) is 6. The van der Waals surface area contributed by atoms with Crippen LogP contribution in [0.25, 0.3) is 11.0 Å². The Morgan fingerprint density at radius 3 is 2.77 bits per heavy atom. The molecule has 0 atom stereocenters. The summed E-state index contributed by atoms with van der Waals surface area (Å²) >= 11 is 0. The first-order chi connectivity index (χ1) is 14.6. The molecule has 10 heteroatoms. The zero-order valence-corrected chi connectivity index (χ0v) is 17.3. The van der Waals surface area contributed by atoms with Crippen LogP contribution < -0.4 is 9.62 Å². The fraction of sp³-hybridized carbons (Fsp3) is 0.400. The Hall–Kier alpha value is -2.53. The van der Waals surface area contributed by atoms with Gasteiger partial charge in [0.2, 0.25) is 0 Å². The highest BCUT2D eigenvalue weighted by Crippen LogP contribution is 2.46. The number of nitrogens with one attached hydrogen (secondary N) is 2. The molecule has 2 aromatic heterocycles. The van der Waals surface area contributed by atoms with E-state index in [1.807, 2.05) is 42.6 Å². The predicted molar refractivity (Wildman–Crippen MR) is 113 cm³/mol. The number of anilines is 1. The highest BCUT2D eigenvalue weighted by Gasteiger charge is 2.56.